The average molecular weight is 349 g/mol. The van der Waals surface area contributed by atoms with Gasteiger partial charge in [-0.1, -0.05) is 41.6 Å². The first kappa shape index (κ1) is 16.3. The van der Waals surface area contributed by atoms with Crippen molar-refractivity contribution in [1.29, 1.82) is 0 Å². The maximum atomic E-state index is 12.1. The number of rotatable bonds is 5. The minimum Gasteiger partial charge on any atom is -0.484 e. The number of nitrogens with zero attached hydrogens (tertiary/aromatic N) is 3. The lowest BCUT2D eigenvalue weighted by Crippen LogP contribution is -2.32. The zero-order valence-electron chi connectivity index (χ0n) is 14.3. The summed E-state index contributed by atoms with van der Waals surface area (Å²) in [5.74, 6) is 1.59. The number of hydrogen-bond donors (Lipinski definition) is 0. The summed E-state index contributed by atoms with van der Waals surface area (Å²) in [4.78, 5) is 18.4. The van der Waals surface area contributed by atoms with Gasteiger partial charge in [-0.15, -0.1) is 0 Å². The summed E-state index contributed by atoms with van der Waals surface area (Å²) in [6.45, 7) is 1.70. The highest BCUT2D eigenvalue weighted by Crippen LogP contribution is 2.25. The van der Waals surface area contributed by atoms with E-state index in [1.165, 1.54) is 0 Å². The van der Waals surface area contributed by atoms with Gasteiger partial charge >= 0.3 is 0 Å². The number of amides is 1. The van der Waals surface area contributed by atoms with Crippen molar-refractivity contribution in [3.05, 3.63) is 54.6 Å². The van der Waals surface area contributed by atoms with Crippen LogP contribution in [-0.2, 0) is 4.79 Å². The standard InChI is InChI=1S/C20H19N3O3/c24-18(23-11-4-5-12-23)14-25-17-10-6-9-16(13-17)20-21-19(22-26-20)15-7-2-1-3-8-15/h1-3,6-10,13H,4-5,11-12,14H2. The van der Waals surface area contributed by atoms with Crippen molar-refractivity contribution in [1.82, 2.24) is 15.0 Å². The molecule has 1 saturated heterocycles. The SMILES string of the molecule is O=C(COc1cccc(-c2nc(-c3ccccc3)no2)c1)N1CCCC1. The van der Waals surface area contributed by atoms with Crippen LogP contribution in [0.5, 0.6) is 5.75 Å². The lowest BCUT2D eigenvalue weighted by Gasteiger charge is -2.15. The molecule has 132 valence electrons. The van der Waals surface area contributed by atoms with Crippen LogP contribution in [0.2, 0.25) is 0 Å². The molecule has 3 aromatic rings. The van der Waals surface area contributed by atoms with Gasteiger partial charge in [-0.3, -0.25) is 4.79 Å². The van der Waals surface area contributed by atoms with E-state index >= 15 is 0 Å². The van der Waals surface area contributed by atoms with Gasteiger partial charge in [-0.05, 0) is 31.0 Å². The Bertz CT molecular complexity index is 886. The van der Waals surface area contributed by atoms with Crippen molar-refractivity contribution in [3.8, 4) is 28.6 Å². The summed E-state index contributed by atoms with van der Waals surface area (Å²) in [6, 6.07) is 17.0. The molecule has 6 nitrogen and oxygen atoms in total. The van der Waals surface area contributed by atoms with Gasteiger partial charge in [0.1, 0.15) is 5.75 Å². The van der Waals surface area contributed by atoms with E-state index < -0.39 is 0 Å². The van der Waals surface area contributed by atoms with E-state index in [-0.39, 0.29) is 12.5 Å². The van der Waals surface area contributed by atoms with Crippen molar-refractivity contribution in [2.45, 2.75) is 12.8 Å². The summed E-state index contributed by atoms with van der Waals surface area (Å²) >= 11 is 0. The Morgan fingerprint density at radius 3 is 2.62 bits per heavy atom. The fraction of sp³-hybridized carbons (Fsp3) is 0.250. The number of ether oxygens (including phenoxy) is 1. The zero-order chi connectivity index (χ0) is 17.8. The highest BCUT2D eigenvalue weighted by atomic mass is 16.5. The van der Waals surface area contributed by atoms with E-state index in [1.54, 1.807) is 6.07 Å². The van der Waals surface area contributed by atoms with Gasteiger partial charge < -0.3 is 14.2 Å². The smallest absolute Gasteiger partial charge is 0.260 e. The molecule has 4 rings (SSSR count). The lowest BCUT2D eigenvalue weighted by atomic mass is 10.2. The first-order valence-electron chi connectivity index (χ1n) is 8.70. The molecule has 0 unspecified atom stereocenters. The Labute approximate surface area is 151 Å². The Hall–Kier alpha value is -3.15. The highest BCUT2D eigenvalue weighted by Gasteiger charge is 2.18. The Morgan fingerprint density at radius 1 is 1.04 bits per heavy atom. The third kappa shape index (κ3) is 3.59. The molecule has 6 heteroatoms. The van der Waals surface area contributed by atoms with E-state index in [2.05, 4.69) is 10.1 Å². The van der Waals surface area contributed by atoms with E-state index in [0.717, 1.165) is 37.1 Å². The molecule has 0 aliphatic carbocycles. The molecule has 0 spiro atoms. The predicted molar refractivity (Wildman–Crippen MR) is 96.5 cm³/mol. The topological polar surface area (TPSA) is 68.5 Å². The van der Waals surface area contributed by atoms with E-state index in [0.29, 0.717) is 17.5 Å². The quantitative estimate of drug-likeness (QED) is 0.706. The average Bonchev–Trinajstić information content (AvgIpc) is 3.39. The maximum Gasteiger partial charge on any atom is 0.260 e. The summed E-state index contributed by atoms with van der Waals surface area (Å²) in [5.41, 5.74) is 1.65. The van der Waals surface area contributed by atoms with Crippen LogP contribution in [0.3, 0.4) is 0 Å². The van der Waals surface area contributed by atoms with Crippen molar-refractivity contribution in [3.63, 3.8) is 0 Å². The molecule has 0 N–H and O–H groups in total. The largest absolute Gasteiger partial charge is 0.484 e. The molecule has 0 atom stereocenters. The van der Waals surface area contributed by atoms with Crippen molar-refractivity contribution in [2.24, 2.45) is 0 Å². The molecule has 0 radical (unpaired) electrons. The van der Waals surface area contributed by atoms with Gasteiger partial charge in [0.2, 0.25) is 5.82 Å². The lowest BCUT2D eigenvalue weighted by molar-refractivity contribution is -0.132. The number of carbonyl (C=O) groups excluding carboxylic acids is 1. The molecular weight excluding hydrogens is 330 g/mol. The van der Waals surface area contributed by atoms with Gasteiger partial charge in [0.25, 0.3) is 11.8 Å². The van der Waals surface area contributed by atoms with Crippen LogP contribution < -0.4 is 4.74 Å². The van der Waals surface area contributed by atoms with Crippen molar-refractivity contribution in [2.75, 3.05) is 19.7 Å². The minimum atomic E-state index is 0.0251. The number of likely N-dealkylation sites (tertiary alicyclic amines) is 1. The number of aromatic nitrogens is 2. The number of carbonyl (C=O) groups is 1. The summed E-state index contributed by atoms with van der Waals surface area (Å²) < 4.78 is 11.0. The third-order valence-corrected chi connectivity index (χ3v) is 4.36. The third-order valence-electron chi connectivity index (χ3n) is 4.36. The molecule has 1 amide bonds. The molecule has 0 saturated carbocycles. The normalized spacial score (nSPS) is 13.8. The first-order chi connectivity index (χ1) is 12.8. The summed E-state index contributed by atoms with van der Waals surface area (Å²) in [5, 5.41) is 4.03. The van der Waals surface area contributed by atoms with Crippen LogP contribution in [0, 0.1) is 0 Å². The van der Waals surface area contributed by atoms with E-state index in [9.17, 15) is 4.79 Å². The van der Waals surface area contributed by atoms with E-state index in [1.807, 2.05) is 53.4 Å². The van der Waals surface area contributed by atoms with Crippen LogP contribution in [0.25, 0.3) is 22.8 Å². The van der Waals surface area contributed by atoms with Crippen LogP contribution in [0.15, 0.2) is 59.1 Å². The fourth-order valence-electron chi connectivity index (χ4n) is 2.97. The van der Waals surface area contributed by atoms with Crippen LogP contribution in [0.4, 0.5) is 0 Å². The predicted octanol–water partition coefficient (Wildman–Crippen LogP) is 3.40. The molecule has 1 aliphatic heterocycles. The van der Waals surface area contributed by atoms with Crippen molar-refractivity contribution < 1.29 is 14.1 Å². The molecule has 1 aromatic heterocycles. The number of benzene rings is 2. The second-order valence-electron chi connectivity index (χ2n) is 6.19. The van der Waals surface area contributed by atoms with Gasteiger partial charge in [-0.25, -0.2) is 0 Å². The maximum absolute atomic E-state index is 12.1. The number of hydrogen-bond acceptors (Lipinski definition) is 5. The summed E-state index contributed by atoms with van der Waals surface area (Å²) in [7, 11) is 0. The molecule has 1 aliphatic rings. The van der Waals surface area contributed by atoms with Gasteiger partial charge in [0.15, 0.2) is 6.61 Å². The van der Waals surface area contributed by atoms with Gasteiger partial charge in [-0.2, -0.15) is 4.98 Å². The second kappa shape index (κ2) is 7.39. The van der Waals surface area contributed by atoms with Gasteiger partial charge in [0.05, 0.1) is 0 Å². The van der Waals surface area contributed by atoms with Crippen LogP contribution >= 0.6 is 0 Å². The Balaban J connectivity index is 1.46. The van der Waals surface area contributed by atoms with E-state index in [4.69, 9.17) is 9.26 Å². The summed E-state index contributed by atoms with van der Waals surface area (Å²) in [6.07, 6.45) is 2.14. The monoisotopic (exact) mass is 349 g/mol. The van der Waals surface area contributed by atoms with Crippen LogP contribution in [-0.4, -0.2) is 40.6 Å². The van der Waals surface area contributed by atoms with Crippen molar-refractivity contribution >= 4 is 5.91 Å². The zero-order valence-corrected chi connectivity index (χ0v) is 14.3. The second-order valence-corrected chi connectivity index (χ2v) is 6.19. The molecule has 0 bridgehead atoms. The molecule has 2 aromatic carbocycles. The Kier molecular flexibility index (Phi) is 4.64. The van der Waals surface area contributed by atoms with Crippen LogP contribution in [0.1, 0.15) is 12.8 Å². The fourth-order valence-corrected chi connectivity index (χ4v) is 2.97. The minimum absolute atomic E-state index is 0.0251. The molecule has 26 heavy (non-hydrogen) atoms. The molecule has 2 heterocycles. The first-order valence-corrected chi connectivity index (χ1v) is 8.70. The molecule has 1 fully saturated rings. The molecular formula is C20H19N3O3. The van der Waals surface area contributed by atoms with Gasteiger partial charge in [0, 0.05) is 24.2 Å². The highest BCUT2D eigenvalue weighted by molar-refractivity contribution is 5.78. The Morgan fingerprint density at radius 2 is 1.81 bits per heavy atom.